The summed E-state index contributed by atoms with van der Waals surface area (Å²) >= 11 is 1.54. The zero-order chi connectivity index (χ0) is 27.6. The van der Waals surface area contributed by atoms with Crippen LogP contribution in [0.5, 0.6) is 17.2 Å². The molecule has 0 heterocycles. The van der Waals surface area contributed by atoms with Crippen LogP contribution < -0.4 is 14.8 Å². The number of hydrogen-bond donors (Lipinski definition) is 2. The number of hydrogen-bond acceptors (Lipinski definition) is 5. The van der Waals surface area contributed by atoms with E-state index in [0.717, 1.165) is 28.0 Å². The van der Waals surface area contributed by atoms with Crippen LogP contribution in [0.4, 0.5) is 0 Å². The standard InChI is InChI=1S/C32H31NO5S.Li.H/c1-22-8-6-7-11-27(22)29-20-23(12-17-28(29)31(34)33-30(32(35)36)18-19-39-2)21-37-24-13-15-26(16-14-24)38-25-9-4-3-5-10-25;;/h3-17,20,30H,18-19,21H2,1-2H3,(H,33,34)(H,35,36);;/t30-;;/m0../s1. The molecule has 0 aromatic heterocycles. The Labute approximate surface area is 251 Å². The van der Waals surface area contributed by atoms with E-state index < -0.39 is 17.9 Å². The molecule has 8 heteroatoms. The van der Waals surface area contributed by atoms with E-state index >= 15 is 0 Å². The van der Waals surface area contributed by atoms with Crippen molar-refractivity contribution in [3.8, 4) is 28.4 Å². The van der Waals surface area contributed by atoms with Gasteiger partial charge in [-0.2, -0.15) is 11.8 Å². The molecule has 0 saturated heterocycles. The fraction of sp³-hybridized carbons (Fsp3) is 0.188. The van der Waals surface area contributed by atoms with Gasteiger partial charge in [-0.15, -0.1) is 0 Å². The monoisotopic (exact) mass is 549 g/mol. The van der Waals surface area contributed by atoms with E-state index in [0.29, 0.717) is 35.8 Å². The van der Waals surface area contributed by atoms with Gasteiger partial charge in [-0.25, -0.2) is 4.79 Å². The van der Waals surface area contributed by atoms with Crippen molar-refractivity contribution in [2.45, 2.75) is 26.0 Å². The molecule has 1 amide bonds. The molecule has 6 nitrogen and oxygen atoms in total. The molecule has 40 heavy (non-hydrogen) atoms. The molecule has 0 radical (unpaired) electrons. The Morgan fingerprint density at radius 1 is 0.850 bits per heavy atom. The minimum atomic E-state index is -1.04. The molecular formula is C32H32LiNO5S. The Bertz CT molecular complexity index is 1410. The third kappa shape index (κ3) is 8.43. The SMILES string of the molecule is CSCC[C@H](NC(=O)c1ccc(COc2ccc(Oc3ccccc3)cc2)cc1-c1ccccc1C)C(=O)O.[LiH]. The van der Waals surface area contributed by atoms with Gasteiger partial charge in [-0.1, -0.05) is 48.5 Å². The number of carboxylic acids is 1. The number of amides is 1. The summed E-state index contributed by atoms with van der Waals surface area (Å²) in [6.45, 7) is 2.28. The Hall–Kier alpha value is -3.63. The summed E-state index contributed by atoms with van der Waals surface area (Å²) in [7, 11) is 0. The van der Waals surface area contributed by atoms with Gasteiger partial charge in [0, 0.05) is 5.56 Å². The van der Waals surface area contributed by atoms with E-state index in [4.69, 9.17) is 9.47 Å². The second-order valence-electron chi connectivity index (χ2n) is 9.02. The number of benzene rings is 4. The van der Waals surface area contributed by atoms with Crippen molar-refractivity contribution >= 4 is 42.5 Å². The first-order chi connectivity index (χ1) is 18.9. The maximum absolute atomic E-state index is 13.3. The number of carbonyl (C=O) groups is 2. The average molecular weight is 550 g/mol. The molecule has 4 rings (SSSR count). The molecule has 202 valence electrons. The summed E-state index contributed by atoms with van der Waals surface area (Å²) in [4.78, 5) is 25.0. The van der Waals surface area contributed by atoms with E-state index in [9.17, 15) is 14.7 Å². The zero-order valence-corrected chi connectivity index (χ0v) is 22.7. The Morgan fingerprint density at radius 2 is 1.50 bits per heavy atom. The van der Waals surface area contributed by atoms with Crippen LogP contribution in [0.25, 0.3) is 11.1 Å². The van der Waals surface area contributed by atoms with Gasteiger partial charge in [0.2, 0.25) is 0 Å². The Balaban J connectivity index is 0.00000441. The van der Waals surface area contributed by atoms with Gasteiger partial charge in [0.05, 0.1) is 0 Å². The van der Waals surface area contributed by atoms with Crippen LogP contribution in [0.2, 0.25) is 0 Å². The van der Waals surface area contributed by atoms with Gasteiger partial charge in [0.15, 0.2) is 0 Å². The molecule has 0 aliphatic carbocycles. The normalized spacial score (nSPS) is 11.2. The second-order valence-corrected chi connectivity index (χ2v) is 10.0. The molecule has 0 aliphatic rings. The molecule has 0 fully saturated rings. The molecule has 4 aromatic rings. The van der Waals surface area contributed by atoms with E-state index in [2.05, 4.69) is 5.32 Å². The topological polar surface area (TPSA) is 84.9 Å². The number of rotatable bonds is 12. The van der Waals surface area contributed by atoms with Crippen molar-refractivity contribution in [1.29, 1.82) is 0 Å². The second kappa shape index (κ2) is 15.2. The summed E-state index contributed by atoms with van der Waals surface area (Å²) in [5.41, 5.74) is 3.95. The minimum absolute atomic E-state index is 0. The van der Waals surface area contributed by atoms with Crippen LogP contribution in [-0.2, 0) is 11.4 Å². The molecule has 0 saturated carbocycles. The van der Waals surface area contributed by atoms with Crippen molar-refractivity contribution in [2.75, 3.05) is 12.0 Å². The third-order valence-electron chi connectivity index (χ3n) is 6.19. The van der Waals surface area contributed by atoms with Crippen molar-refractivity contribution in [1.82, 2.24) is 5.32 Å². The molecule has 1 atom stereocenters. The molecule has 0 spiro atoms. The van der Waals surface area contributed by atoms with Gasteiger partial charge in [-0.05, 0) is 96.1 Å². The Morgan fingerprint density at radius 3 is 2.17 bits per heavy atom. The zero-order valence-electron chi connectivity index (χ0n) is 21.9. The van der Waals surface area contributed by atoms with Crippen LogP contribution in [0.15, 0.2) is 97.1 Å². The van der Waals surface area contributed by atoms with Crippen LogP contribution in [0, 0.1) is 6.92 Å². The number of thioether (sulfide) groups is 1. The van der Waals surface area contributed by atoms with E-state index in [1.807, 2.05) is 104 Å². The van der Waals surface area contributed by atoms with Crippen LogP contribution in [0.1, 0.15) is 27.9 Å². The number of aryl methyl sites for hydroxylation is 1. The third-order valence-corrected chi connectivity index (χ3v) is 6.83. The van der Waals surface area contributed by atoms with E-state index in [1.165, 1.54) is 0 Å². The summed E-state index contributed by atoms with van der Waals surface area (Å²) in [6.07, 6.45) is 2.26. The predicted octanol–water partition coefficient (Wildman–Crippen LogP) is 6.32. The first kappa shape index (κ1) is 30.9. The maximum atomic E-state index is 13.3. The molecule has 2 N–H and O–H groups in total. The van der Waals surface area contributed by atoms with Gasteiger partial charge >= 0.3 is 24.8 Å². The van der Waals surface area contributed by atoms with Crippen LogP contribution >= 0.6 is 11.8 Å². The van der Waals surface area contributed by atoms with Crippen molar-refractivity contribution in [3.05, 3.63) is 114 Å². The van der Waals surface area contributed by atoms with Crippen molar-refractivity contribution < 1.29 is 24.2 Å². The van der Waals surface area contributed by atoms with Crippen molar-refractivity contribution in [3.63, 3.8) is 0 Å². The molecule has 4 aromatic carbocycles. The van der Waals surface area contributed by atoms with Crippen LogP contribution in [0.3, 0.4) is 0 Å². The molecule has 0 unspecified atom stereocenters. The summed E-state index contributed by atoms with van der Waals surface area (Å²) in [5, 5.41) is 12.3. The summed E-state index contributed by atoms with van der Waals surface area (Å²) in [6, 6.07) is 29.3. The van der Waals surface area contributed by atoms with E-state index in [1.54, 1.807) is 17.8 Å². The predicted molar refractivity (Wildman–Crippen MR) is 163 cm³/mol. The average Bonchev–Trinajstić information content (AvgIpc) is 2.95. The quantitative estimate of drug-likeness (QED) is 0.201. The fourth-order valence-corrected chi connectivity index (χ4v) is 4.57. The van der Waals surface area contributed by atoms with Crippen LogP contribution in [-0.4, -0.2) is 53.9 Å². The Kier molecular flexibility index (Phi) is 11.8. The summed E-state index contributed by atoms with van der Waals surface area (Å²) in [5.74, 6) is 1.34. The van der Waals surface area contributed by atoms with Gasteiger partial charge in [0.25, 0.3) is 5.91 Å². The fourth-order valence-electron chi connectivity index (χ4n) is 4.10. The first-order valence-electron chi connectivity index (χ1n) is 12.6. The van der Waals surface area contributed by atoms with Gasteiger partial charge in [-0.3, -0.25) is 4.79 Å². The number of carbonyl (C=O) groups excluding carboxylic acids is 1. The number of carboxylic acid groups (broad SMARTS) is 1. The molecule has 0 bridgehead atoms. The van der Waals surface area contributed by atoms with Gasteiger partial charge < -0.3 is 19.9 Å². The van der Waals surface area contributed by atoms with E-state index in [-0.39, 0.29) is 18.9 Å². The van der Waals surface area contributed by atoms with Crippen molar-refractivity contribution in [2.24, 2.45) is 0 Å². The number of aliphatic carboxylic acids is 1. The number of para-hydroxylation sites is 1. The number of ether oxygens (including phenoxy) is 2. The molecular weight excluding hydrogens is 517 g/mol. The summed E-state index contributed by atoms with van der Waals surface area (Å²) < 4.78 is 11.9. The van der Waals surface area contributed by atoms with Gasteiger partial charge in [0.1, 0.15) is 29.9 Å². The first-order valence-corrected chi connectivity index (χ1v) is 14.0. The number of nitrogens with one attached hydrogen (secondary N) is 1. The molecule has 0 aliphatic heterocycles.